The van der Waals surface area contributed by atoms with Crippen molar-refractivity contribution in [2.75, 3.05) is 26.9 Å². The van der Waals surface area contributed by atoms with Gasteiger partial charge in [0.25, 0.3) is 0 Å². The number of ether oxygens (including phenoxy) is 3. The van der Waals surface area contributed by atoms with Crippen molar-refractivity contribution in [3.8, 4) is 23.1 Å². The summed E-state index contributed by atoms with van der Waals surface area (Å²) in [6.45, 7) is 10.1. The van der Waals surface area contributed by atoms with Crippen molar-refractivity contribution in [1.29, 1.82) is 0 Å². The van der Waals surface area contributed by atoms with Gasteiger partial charge in [-0.05, 0) is 52.0 Å². The standard InChI is InChI=1S/C26H35N3O4/c1-6-32-18-22(30)16-28(19(2)3)17-23-20(4)27-29(21-12-8-7-9-13-21)26(23)33-25-15-11-10-14-24(25)31-5/h7-15,19,22,30H,6,16-18H2,1-5H3. The van der Waals surface area contributed by atoms with Crippen molar-refractivity contribution in [1.82, 2.24) is 14.7 Å². The number of para-hydroxylation sites is 3. The molecule has 7 nitrogen and oxygen atoms in total. The van der Waals surface area contributed by atoms with Crippen molar-refractivity contribution in [2.45, 2.75) is 46.4 Å². The van der Waals surface area contributed by atoms with E-state index >= 15 is 0 Å². The number of benzene rings is 2. The highest BCUT2D eigenvalue weighted by molar-refractivity contribution is 5.47. The molecule has 0 spiro atoms. The highest BCUT2D eigenvalue weighted by atomic mass is 16.5. The van der Waals surface area contributed by atoms with Crippen LogP contribution in [0.2, 0.25) is 0 Å². The van der Waals surface area contributed by atoms with Gasteiger partial charge in [0.2, 0.25) is 5.88 Å². The predicted octanol–water partition coefficient (Wildman–Crippen LogP) is 4.59. The number of aromatic nitrogens is 2. The Labute approximate surface area is 196 Å². The molecule has 0 bridgehead atoms. The zero-order valence-corrected chi connectivity index (χ0v) is 20.2. The van der Waals surface area contributed by atoms with Crippen molar-refractivity contribution in [2.24, 2.45) is 0 Å². The average molecular weight is 454 g/mol. The Kier molecular flexibility index (Phi) is 8.88. The first-order valence-electron chi connectivity index (χ1n) is 11.4. The molecule has 0 aliphatic carbocycles. The van der Waals surface area contributed by atoms with Crippen LogP contribution >= 0.6 is 0 Å². The van der Waals surface area contributed by atoms with Gasteiger partial charge in [0.15, 0.2) is 11.5 Å². The summed E-state index contributed by atoms with van der Waals surface area (Å²) in [4.78, 5) is 2.21. The minimum atomic E-state index is -0.574. The quantitative estimate of drug-likeness (QED) is 0.433. The number of hydrogen-bond acceptors (Lipinski definition) is 6. The number of rotatable bonds is 12. The lowest BCUT2D eigenvalue weighted by Gasteiger charge is -2.29. The smallest absolute Gasteiger partial charge is 0.227 e. The van der Waals surface area contributed by atoms with Gasteiger partial charge >= 0.3 is 0 Å². The molecule has 33 heavy (non-hydrogen) atoms. The monoisotopic (exact) mass is 453 g/mol. The lowest BCUT2D eigenvalue weighted by atomic mass is 10.2. The van der Waals surface area contributed by atoms with E-state index < -0.39 is 6.10 Å². The van der Waals surface area contributed by atoms with E-state index in [1.807, 2.05) is 73.1 Å². The molecule has 1 heterocycles. The van der Waals surface area contributed by atoms with Crippen LogP contribution in [0.5, 0.6) is 17.4 Å². The first-order valence-corrected chi connectivity index (χ1v) is 11.4. The van der Waals surface area contributed by atoms with E-state index in [4.69, 9.17) is 19.3 Å². The lowest BCUT2D eigenvalue weighted by Crippen LogP contribution is -2.39. The third-order valence-corrected chi connectivity index (χ3v) is 5.46. The fourth-order valence-corrected chi connectivity index (χ4v) is 3.62. The van der Waals surface area contributed by atoms with Crippen LogP contribution < -0.4 is 9.47 Å². The molecule has 0 saturated heterocycles. The predicted molar refractivity (Wildman–Crippen MR) is 129 cm³/mol. The summed E-state index contributed by atoms with van der Waals surface area (Å²) in [5, 5.41) is 15.3. The van der Waals surface area contributed by atoms with Gasteiger partial charge in [-0.25, -0.2) is 4.68 Å². The van der Waals surface area contributed by atoms with E-state index in [1.165, 1.54) is 0 Å². The summed E-state index contributed by atoms with van der Waals surface area (Å²) in [5.74, 6) is 1.90. The maximum atomic E-state index is 10.5. The normalized spacial score (nSPS) is 12.4. The van der Waals surface area contributed by atoms with Crippen molar-refractivity contribution < 1.29 is 19.3 Å². The molecule has 0 saturated carbocycles. The van der Waals surface area contributed by atoms with Crippen molar-refractivity contribution in [3.63, 3.8) is 0 Å². The summed E-state index contributed by atoms with van der Waals surface area (Å²) in [6, 6.07) is 17.7. The molecule has 3 rings (SSSR count). The number of methoxy groups -OCH3 is 1. The fraction of sp³-hybridized carbons (Fsp3) is 0.423. The molecule has 1 atom stereocenters. The molecule has 1 N–H and O–H groups in total. The van der Waals surface area contributed by atoms with Crippen LogP contribution in [0.3, 0.4) is 0 Å². The number of aryl methyl sites for hydroxylation is 1. The number of aliphatic hydroxyl groups is 1. The van der Waals surface area contributed by atoms with Crippen molar-refractivity contribution in [3.05, 3.63) is 65.9 Å². The van der Waals surface area contributed by atoms with Gasteiger partial charge < -0.3 is 19.3 Å². The third-order valence-electron chi connectivity index (χ3n) is 5.46. The van der Waals surface area contributed by atoms with Gasteiger partial charge in [-0.15, -0.1) is 0 Å². The van der Waals surface area contributed by atoms with E-state index in [9.17, 15) is 5.11 Å². The minimum Gasteiger partial charge on any atom is -0.493 e. The molecule has 3 aromatic rings. The van der Waals surface area contributed by atoms with Gasteiger partial charge in [0.1, 0.15) is 0 Å². The average Bonchev–Trinajstić information content (AvgIpc) is 3.13. The number of hydrogen-bond donors (Lipinski definition) is 1. The summed E-state index contributed by atoms with van der Waals surface area (Å²) in [6.07, 6.45) is -0.574. The largest absolute Gasteiger partial charge is 0.493 e. The molecule has 0 amide bonds. The van der Waals surface area contributed by atoms with E-state index in [1.54, 1.807) is 7.11 Å². The van der Waals surface area contributed by atoms with Crippen LogP contribution in [0.1, 0.15) is 32.0 Å². The molecule has 2 aromatic carbocycles. The van der Waals surface area contributed by atoms with Gasteiger partial charge in [0, 0.05) is 25.7 Å². The van der Waals surface area contributed by atoms with E-state index in [0.29, 0.717) is 43.7 Å². The Hall–Kier alpha value is -2.87. The summed E-state index contributed by atoms with van der Waals surface area (Å²) >= 11 is 0. The zero-order chi connectivity index (χ0) is 23.8. The highest BCUT2D eigenvalue weighted by Gasteiger charge is 2.24. The maximum absolute atomic E-state index is 10.5. The molecule has 0 aliphatic rings. The molecule has 1 aromatic heterocycles. The van der Waals surface area contributed by atoms with Crippen LogP contribution in [0.25, 0.3) is 5.69 Å². The summed E-state index contributed by atoms with van der Waals surface area (Å²) in [5.41, 5.74) is 2.74. The van der Waals surface area contributed by atoms with Crippen LogP contribution in [0.4, 0.5) is 0 Å². The Morgan fingerprint density at radius 2 is 1.70 bits per heavy atom. The number of aliphatic hydroxyl groups excluding tert-OH is 1. The Morgan fingerprint density at radius 1 is 1.03 bits per heavy atom. The van der Waals surface area contributed by atoms with E-state index in [-0.39, 0.29) is 6.04 Å². The topological polar surface area (TPSA) is 69.0 Å². The van der Waals surface area contributed by atoms with Crippen LogP contribution in [-0.2, 0) is 11.3 Å². The SMILES string of the molecule is CCOCC(O)CN(Cc1c(C)nn(-c2ccccc2)c1Oc1ccccc1OC)C(C)C. The summed E-state index contributed by atoms with van der Waals surface area (Å²) < 4.78 is 19.2. The zero-order valence-electron chi connectivity index (χ0n) is 20.2. The van der Waals surface area contributed by atoms with Gasteiger partial charge in [-0.3, -0.25) is 4.90 Å². The molecule has 0 fully saturated rings. The van der Waals surface area contributed by atoms with E-state index in [2.05, 4.69) is 18.7 Å². The Bertz CT molecular complexity index is 1000. The fourth-order valence-electron chi connectivity index (χ4n) is 3.62. The lowest BCUT2D eigenvalue weighted by molar-refractivity contribution is 0.0131. The Balaban J connectivity index is 2.00. The second-order valence-corrected chi connectivity index (χ2v) is 8.21. The molecule has 1 unspecified atom stereocenters. The molecule has 0 radical (unpaired) electrons. The van der Waals surface area contributed by atoms with Crippen LogP contribution in [-0.4, -0.2) is 58.8 Å². The second kappa shape index (κ2) is 11.8. The third kappa shape index (κ3) is 6.35. The molecule has 178 valence electrons. The second-order valence-electron chi connectivity index (χ2n) is 8.21. The molecule has 7 heteroatoms. The first-order chi connectivity index (χ1) is 15.9. The molecule has 0 aliphatic heterocycles. The first kappa shape index (κ1) is 24.8. The van der Waals surface area contributed by atoms with Gasteiger partial charge in [-0.2, -0.15) is 5.10 Å². The van der Waals surface area contributed by atoms with E-state index in [0.717, 1.165) is 16.9 Å². The molecular formula is C26H35N3O4. The van der Waals surface area contributed by atoms with Gasteiger partial charge in [-0.1, -0.05) is 30.3 Å². The summed E-state index contributed by atoms with van der Waals surface area (Å²) in [7, 11) is 1.63. The Morgan fingerprint density at radius 3 is 2.33 bits per heavy atom. The van der Waals surface area contributed by atoms with Crippen LogP contribution in [0, 0.1) is 6.92 Å². The van der Waals surface area contributed by atoms with Crippen molar-refractivity contribution >= 4 is 0 Å². The van der Waals surface area contributed by atoms with Gasteiger partial charge in [0.05, 0.1) is 36.8 Å². The minimum absolute atomic E-state index is 0.208. The van der Waals surface area contributed by atoms with Crippen LogP contribution in [0.15, 0.2) is 54.6 Å². The number of nitrogens with zero attached hydrogens (tertiary/aromatic N) is 3. The highest BCUT2D eigenvalue weighted by Crippen LogP contribution is 2.36. The molecular weight excluding hydrogens is 418 g/mol. The maximum Gasteiger partial charge on any atom is 0.227 e.